The van der Waals surface area contributed by atoms with E-state index < -0.39 is 24.0 Å². The van der Waals surface area contributed by atoms with Crippen LogP contribution in [0.4, 0.5) is 4.79 Å². The minimum absolute atomic E-state index is 0.0451. The topological polar surface area (TPSA) is 134 Å². The molecule has 0 radical (unpaired) electrons. The van der Waals surface area contributed by atoms with Gasteiger partial charge in [0.2, 0.25) is 11.8 Å². The van der Waals surface area contributed by atoms with Gasteiger partial charge in [0.1, 0.15) is 5.92 Å². The Hall–Kier alpha value is -1.83. The van der Waals surface area contributed by atoms with Crippen molar-refractivity contribution in [1.82, 2.24) is 16.0 Å². The van der Waals surface area contributed by atoms with E-state index in [4.69, 9.17) is 5.73 Å². The summed E-state index contributed by atoms with van der Waals surface area (Å²) in [7, 11) is 0. The molecule has 4 amide bonds. The van der Waals surface area contributed by atoms with Gasteiger partial charge in [-0.2, -0.15) is 0 Å². The number of carbonyl (C=O) groups excluding carboxylic acids is 3. The van der Waals surface area contributed by atoms with Crippen LogP contribution in [0, 0.1) is 11.8 Å². The first kappa shape index (κ1) is 17.2. The van der Waals surface area contributed by atoms with Gasteiger partial charge in [-0.15, -0.1) is 0 Å². The van der Waals surface area contributed by atoms with Crippen LogP contribution in [0.2, 0.25) is 0 Å². The largest absolute Gasteiger partial charge is 0.389 e. The number of urea groups is 1. The zero-order valence-corrected chi connectivity index (χ0v) is 12.4. The van der Waals surface area contributed by atoms with Crippen molar-refractivity contribution in [3.05, 3.63) is 0 Å². The van der Waals surface area contributed by atoms with Gasteiger partial charge in [0.25, 0.3) is 0 Å². The maximum absolute atomic E-state index is 11.9. The van der Waals surface area contributed by atoms with E-state index in [1.165, 1.54) is 0 Å². The predicted molar refractivity (Wildman–Crippen MR) is 76.1 cm³/mol. The molecule has 1 aliphatic rings. The minimum Gasteiger partial charge on any atom is -0.389 e. The fourth-order valence-electron chi connectivity index (χ4n) is 2.22. The van der Waals surface area contributed by atoms with Gasteiger partial charge in [0, 0.05) is 19.1 Å². The van der Waals surface area contributed by atoms with Crippen molar-refractivity contribution >= 4 is 17.8 Å². The van der Waals surface area contributed by atoms with Crippen LogP contribution < -0.4 is 21.7 Å². The lowest BCUT2D eigenvalue weighted by Gasteiger charge is -2.31. The number of nitrogens with one attached hydrogen (secondary N) is 3. The minimum atomic E-state index is -0.948. The number of carbonyl (C=O) groups is 3. The number of amides is 4. The van der Waals surface area contributed by atoms with Gasteiger partial charge in [0.05, 0.1) is 6.10 Å². The van der Waals surface area contributed by atoms with Crippen LogP contribution in [-0.2, 0) is 9.59 Å². The van der Waals surface area contributed by atoms with E-state index in [0.29, 0.717) is 12.3 Å². The van der Waals surface area contributed by atoms with E-state index in [1.807, 2.05) is 13.8 Å². The smallest absolute Gasteiger partial charge is 0.312 e. The van der Waals surface area contributed by atoms with Crippen LogP contribution in [0.15, 0.2) is 0 Å². The van der Waals surface area contributed by atoms with E-state index in [1.54, 1.807) is 0 Å². The number of primary amides is 1. The van der Waals surface area contributed by atoms with Gasteiger partial charge in [-0.25, -0.2) is 4.79 Å². The molecule has 0 aromatic rings. The van der Waals surface area contributed by atoms with Crippen molar-refractivity contribution in [2.45, 2.75) is 38.8 Å². The molecular weight excluding hydrogens is 276 g/mol. The average Bonchev–Trinajstić information content (AvgIpc) is 2.42. The SMILES string of the molecule is CC(C)C1CCC(C(=O)NCC(O)CNC(N)=O)C(=O)N1. The van der Waals surface area contributed by atoms with Crippen LogP contribution in [0.5, 0.6) is 0 Å². The normalized spacial score (nSPS) is 23.3. The van der Waals surface area contributed by atoms with Crippen LogP contribution in [0.3, 0.4) is 0 Å². The highest BCUT2D eigenvalue weighted by atomic mass is 16.3. The molecule has 21 heavy (non-hydrogen) atoms. The van der Waals surface area contributed by atoms with E-state index in [2.05, 4.69) is 16.0 Å². The lowest BCUT2D eigenvalue weighted by molar-refractivity contribution is -0.138. The summed E-state index contributed by atoms with van der Waals surface area (Å²) in [5.41, 5.74) is 4.87. The standard InChI is InChI=1S/C13H24N4O4/c1-7(2)10-4-3-9(12(20)17-10)11(19)15-5-8(18)6-16-13(14)21/h7-10,18H,3-6H2,1-2H3,(H,15,19)(H,17,20)(H3,14,16,21). The van der Waals surface area contributed by atoms with Gasteiger partial charge >= 0.3 is 6.03 Å². The first-order chi connectivity index (χ1) is 9.81. The monoisotopic (exact) mass is 300 g/mol. The van der Waals surface area contributed by atoms with Gasteiger partial charge in [-0.1, -0.05) is 13.8 Å². The van der Waals surface area contributed by atoms with Crippen LogP contribution >= 0.6 is 0 Å². The maximum Gasteiger partial charge on any atom is 0.312 e. The van der Waals surface area contributed by atoms with Crippen LogP contribution in [0.25, 0.3) is 0 Å². The van der Waals surface area contributed by atoms with Crippen molar-refractivity contribution < 1.29 is 19.5 Å². The highest BCUT2D eigenvalue weighted by Crippen LogP contribution is 2.20. The number of aliphatic hydroxyl groups is 1. The van der Waals surface area contributed by atoms with E-state index in [-0.39, 0.29) is 25.0 Å². The Morgan fingerprint density at radius 3 is 2.48 bits per heavy atom. The zero-order chi connectivity index (χ0) is 16.0. The van der Waals surface area contributed by atoms with Gasteiger partial charge < -0.3 is 26.8 Å². The second kappa shape index (κ2) is 7.82. The fraction of sp³-hybridized carbons (Fsp3) is 0.769. The Balaban J connectivity index is 2.36. The third-order valence-corrected chi connectivity index (χ3v) is 3.56. The quantitative estimate of drug-likeness (QED) is 0.389. The van der Waals surface area contributed by atoms with Crippen molar-refractivity contribution in [3.63, 3.8) is 0 Å². The summed E-state index contributed by atoms with van der Waals surface area (Å²) in [5, 5.41) is 17.1. The molecule has 6 N–H and O–H groups in total. The Kier molecular flexibility index (Phi) is 6.41. The average molecular weight is 300 g/mol. The van der Waals surface area contributed by atoms with E-state index in [0.717, 1.165) is 6.42 Å². The summed E-state index contributed by atoms with van der Waals surface area (Å²) >= 11 is 0. The molecule has 0 aromatic carbocycles. The van der Waals surface area contributed by atoms with E-state index in [9.17, 15) is 19.5 Å². The van der Waals surface area contributed by atoms with Crippen molar-refractivity contribution in [2.75, 3.05) is 13.1 Å². The number of rotatable bonds is 6. The van der Waals surface area contributed by atoms with Crippen molar-refractivity contribution in [1.29, 1.82) is 0 Å². The van der Waals surface area contributed by atoms with Gasteiger partial charge in [0.15, 0.2) is 0 Å². The van der Waals surface area contributed by atoms with E-state index >= 15 is 0 Å². The van der Waals surface area contributed by atoms with Crippen molar-refractivity contribution in [2.24, 2.45) is 17.6 Å². The number of hydrogen-bond donors (Lipinski definition) is 5. The molecule has 8 heteroatoms. The molecule has 0 aromatic heterocycles. The molecule has 3 unspecified atom stereocenters. The molecule has 1 saturated heterocycles. The molecule has 0 bridgehead atoms. The van der Waals surface area contributed by atoms with Crippen LogP contribution in [-0.4, -0.2) is 48.2 Å². The Morgan fingerprint density at radius 1 is 1.33 bits per heavy atom. The lowest BCUT2D eigenvalue weighted by atomic mass is 9.88. The summed E-state index contributed by atoms with van der Waals surface area (Å²) in [4.78, 5) is 34.3. The van der Waals surface area contributed by atoms with Gasteiger partial charge in [-0.3, -0.25) is 9.59 Å². The summed E-state index contributed by atoms with van der Waals surface area (Å²) in [6.07, 6.45) is 0.306. The molecule has 120 valence electrons. The molecule has 1 rings (SSSR count). The second-order valence-electron chi connectivity index (χ2n) is 5.63. The molecule has 3 atom stereocenters. The zero-order valence-electron chi connectivity index (χ0n) is 12.4. The second-order valence-corrected chi connectivity index (χ2v) is 5.63. The fourth-order valence-corrected chi connectivity index (χ4v) is 2.22. The lowest BCUT2D eigenvalue weighted by Crippen LogP contribution is -2.52. The highest BCUT2D eigenvalue weighted by molar-refractivity contribution is 6.00. The summed E-state index contributed by atoms with van der Waals surface area (Å²) in [6, 6.07) is -0.640. The number of aliphatic hydroxyl groups excluding tert-OH is 1. The molecule has 1 aliphatic heterocycles. The molecular formula is C13H24N4O4. The van der Waals surface area contributed by atoms with Gasteiger partial charge in [-0.05, 0) is 18.8 Å². The molecule has 0 aliphatic carbocycles. The predicted octanol–water partition coefficient (Wildman–Crippen LogP) is -1.32. The molecule has 8 nitrogen and oxygen atoms in total. The number of nitrogens with two attached hydrogens (primary N) is 1. The summed E-state index contributed by atoms with van der Waals surface area (Å²) in [6.45, 7) is 3.94. The highest BCUT2D eigenvalue weighted by Gasteiger charge is 2.34. The molecule has 0 spiro atoms. The third-order valence-electron chi connectivity index (χ3n) is 3.56. The molecule has 1 heterocycles. The maximum atomic E-state index is 11.9. The van der Waals surface area contributed by atoms with Crippen molar-refractivity contribution in [3.8, 4) is 0 Å². The Labute approximate surface area is 123 Å². The first-order valence-corrected chi connectivity index (χ1v) is 7.10. The first-order valence-electron chi connectivity index (χ1n) is 7.10. The third kappa shape index (κ3) is 5.58. The number of hydrogen-bond acceptors (Lipinski definition) is 4. The molecule has 0 saturated carbocycles. The Morgan fingerprint density at radius 2 is 1.95 bits per heavy atom. The van der Waals surface area contributed by atoms with Crippen LogP contribution in [0.1, 0.15) is 26.7 Å². The summed E-state index contributed by atoms with van der Waals surface area (Å²) in [5.74, 6) is -1.08. The molecule has 1 fully saturated rings. The number of piperidine rings is 1. The summed E-state index contributed by atoms with van der Waals surface area (Å²) < 4.78 is 0. The Bertz CT molecular complexity index is 400.